The molecule has 2 nitrogen and oxygen atoms in total. The van der Waals surface area contributed by atoms with Crippen LogP contribution in [0.1, 0.15) is 16.5 Å². The van der Waals surface area contributed by atoms with E-state index in [1.54, 1.807) is 0 Å². The Bertz CT molecular complexity index is 566. The monoisotopic (exact) mass is 410 g/mol. The normalized spacial score (nSPS) is 12.7. The Balaban J connectivity index is 2.32. The van der Waals surface area contributed by atoms with E-state index in [1.807, 2.05) is 12.1 Å². The molecule has 1 unspecified atom stereocenters. The molecule has 102 valence electrons. The Morgan fingerprint density at radius 2 is 1.84 bits per heavy atom. The van der Waals surface area contributed by atoms with Crippen molar-refractivity contribution < 1.29 is 8.78 Å². The number of nitrogens with one attached hydrogen (secondary N) is 1. The zero-order valence-corrected chi connectivity index (χ0v) is 13.6. The second-order valence-corrected chi connectivity index (χ2v) is 7.38. The first-order valence-electron chi connectivity index (χ1n) is 5.36. The molecule has 0 spiro atoms. The summed E-state index contributed by atoms with van der Waals surface area (Å²) in [5.41, 5.74) is 2.43. The summed E-state index contributed by atoms with van der Waals surface area (Å²) in [5.74, 6) is 4.19. The van der Waals surface area contributed by atoms with Crippen molar-refractivity contribution in [2.45, 2.75) is 12.5 Å². The number of hydrogen-bond acceptors (Lipinski definition) is 3. The first-order chi connectivity index (χ1) is 9.01. The van der Waals surface area contributed by atoms with Crippen molar-refractivity contribution in [3.8, 4) is 0 Å². The lowest BCUT2D eigenvalue weighted by atomic mass is 10.0. The number of nitrogens with two attached hydrogens (primary N) is 1. The predicted octanol–water partition coefficient (Wildman–Crippen LogP) is 4.30. The van der Waals surface area contributed by atoms with Crippen LogP contribution in [0.2, 0.25) is 0 Å². The van der Waals surface area contributed by atoms with E-state index >= 15 is 0 Å². The van der Waals surface area contributed by atoms with Gasteiger partial charge in [-0.25, -0.2) is 8.78 Å². The van der Waals surface area contributed by atoms with Crippen LogP contribution < -0.4 is 11.3 Å². The number of halogens is 4. The van der Waals surface area contributed by atoms with Crippen LogP contribution in [0.25, 0.3) is 0 Å². The maximum atomic E-state index is 13.9. The highest BCUT2D eigenvalue weighted by molar-refractivity contribution is 9.11. The first-order valence-corrected chi connectivity index (χ1v) is 7.76. The van der Waals surface area contributed by atoms with Gasteiger partial charge in [0.1, 0.15) is 11.6 Å². The van der Waals surface area contributed by atoms with Crippen molar-refractivity contribution in [2.24, 2.45) is 5.84 Å². The molecule has 0 bridgehead atoms. The lowest BCUT2D eigenvalue weighted by molar-refractivity contribution is 0.474. The quantitative estimate of drug-likeness (QED) is 0.581. The zero-order chi connectivity index (χ0) is 14.0. The van der Waals surface area contributed by atoms with Gasteiger partial charge in [0.05, 0.1) is 9.83 Å². The van der Waals surface area contributed by atoms with E-state index < -0.39 is 17.7 Å². The molecule has 0 radical (unpaired) electrons. The molecule has 1 atom stereocenters. The summed E-state index contributed by atoms with van der Waals surface area (Å²) < 4.78 is 29.1. The van der Waals surface area contributed by atoms with Crippen LogP contribution >= 0.6 is 43.2 Å². The average Bonchev–Trinajstić information content (AvgIpc) is 2.72. The number of thiophene rings is 1. The van der Waals surface area contributed by atoms with Crippen molar-refractivity contribution >= 4 is 43.2 Å². The van der Waals surface area contributed by atoms with Gasteiger partial charge in [-0.15, -0.1) is 11.3 Å². The van der Waals surface area contributed by atoms with Gasteiger partial charge in [-0.2, -0.15) is 0 Å². The molecule has 0 fully saturated rings. The van der Waals surface area contributed by atoms with Crippen LogP contribution in [-0.2, 0) is 6.42 Å². The lowest BCUT2D eigenvalue weighted by Gasteiger charge is -2.17. The van der Waals surface area contributed by atoms with Crippen LogP contribution in [-0.4, -0.2) is 0 Å². The van der Waals surface area contributed by atoms with Crippen molar-refractivity contribution in [2.75, 3.05) is 0 Å². The molecule has 2 aromatic rings. The van der Waals surface area contributed by atoms with Gasteiger partial charge in [0.15, 0.2) is 0 Å². The topological polar surface area (TPSA) is 38.0 Å². The van der Waals surface area contributed by atoms with Crippen molar-refractivity contribution in [3.05, 3.63) is 54.6 Å². The van der Waals surface area contributed by atoms with E-state index in [0.717, 1.165) is 8.66 Å². The van der Waals surface area contributed by atoms with E-state index in [9.17, 15) is 8.78 Å². The van der Waals surface area contributed by atoms with E-state index in [-0.39, 0.29) is 5.56 Å². The van der Waals surface area contributed by atoms with Gasteiger partial charge in [-0.3, -0.25) is 11.3 Å². The van der Waals surface area contributed by atoms with E-state index in [4.69, 9.17) is 5.84 Å². The summed E-state index contributed by atoms with van der Waals surface area (Å²) >= 11 is 7.91. The molecular weight excluding hydrogens is 402 g/mol. The molecule has 7 heteroatoms. The minimum atomic E-state index is -0.620. The molecule has 3 N–H and O–H groups in total. The van der Waals surface area contributed by atoms with Gasteiger partial charge in [-0.05, 0) is 40.2 Å². The van der Waals surface area contributed by atoms with Gasteiger partial charge in [0.2, 0.25) is 0 Å². The maximum absolute atomic E-state index is 13.9. The summed E-state index contributed by atoms with van der Waals surface area (Å²) in [6.45, 7) is 0. The van der Waals surface area contributed by atoms with E-state index in [0.29, 0.717) is 10.9 Å². The van der Waals surface area contributed by atoms with Crippen molar-refractivity contribution in [3.63, 3.8) is 0 Å². The molecule has 0 aliphatic rings. The summed E-state index contributed by atoms with van der Waals surface area (Å²) in [5, 5.41) is 0. The Hall–Kier alpha value is -0.340. The third-order valence-corrected chi connectivity index (χ3v) is 4.73. The van der Waals surface area contributed by atoms with Gasteiger partial charge in [0.25, 0.3) is 0 Å². The smallest absolute Gasteiger partial charge is 0.132 e. The largest absolute Gasteiger partial charge is 0.271 e. The molecule has 1 aromatic heterocycles. The molecule has 0 aliphatic carbocycles. The second kappa shape index (κ2) is 6.41. The fraction of sp³-hybridized carbons (Fsp3) is 0.167. The Kier molecular flexibility index (Phi) is 5.08. The van der Waals surface area contributed by atoms with Gasteiger partial charge >= 0.3 is 0 Å². The third-order valence-electron chi connectivity index (χ3n) is 2.63. The highest BCUT2D eigenvalue weighted by atomic mass is 79.9. The molecule has 1 heterocycles. The summed E-state index contributed by atoms with van der Waals surface area (Å²) in [7, 11) is 0. The molecule has 2 rings (SSSR count). The van der Waals surface area contributed by atoms with Crippen LogP contribution in [0.5, 0.6) is 0 Å². The minimum Gasteiger partial charge on any atom is -0.271 e. The second-order valence-electron chi connectivity index (χ2n) is 3.91. The summed E-state index contributed by atoms with van der Waals surface area (Å²) in [6.07, 6.45) is 0.419. The average molecular weight is 412 g/mol. The Morgan fingerprint density at radius 1 is 1.21 bits per heavy atom. The molecule has 0 saturated carbocycles. The fourth-order valence-electron chi connectivity index (χ4n) is 1.79. The highest BCUT2D eigenvalue weighted by Gasteiger charge is 2.21. The van der Waals surface area contributed by atoms with Crippen LogP contribution in [0.4, 0.5) is 8.78 Å². The molecule has 1 aromatic carbocycles. The maximum Gasteiger partial charge on any atom is 0.132 e. The predicted molar refractivity (Wildman–Crippen MR) is 79.8 cm³/mol. The minimum absolute atomic E-state index is 0.0461. The van der Waals surface area contributed by atoms with Gasteiger partial charge in [0, 0.05) is 21.3 Å². The first kappa shape index (κ1) is 15.1. The standard InChI is InChI=1S/C12H10Br2F2N2S/c13-6-3-8(15)12(9(16)4-6)10(18-17)5-7-1-2-11(14)19-7/h1-4,10,18H,5,17H2. The fourth-order valence-corrected chi connectivity index (χ4v) is 3.72. The van der Waals surface area contributed by atoms with Gasteiger partial charge < -0.3 is 0 Å². The SMILES string of the molecule is NNC(Cc1ccc(Br)s1)c1c(F)cc(Br)cc1F. The summed E-state index contributed by atoms with van der Waals surface area (Å²) in [4.78, 5) is 0.983. The molecule has 19 heavy (non-hydrogen) atoms. The molecular formula is C12H10Br2F2N2S. The van der Waals surface area contributed by atoms with Crippen LogP contribution in [0, 0.1) is 11.6 Å². The molecule has 0 amide bonds. The van der Waals surface area contributed by atoms with E-state index in [2.05, 4.69) is 37.3 Å². The van der Waals surface area contributed by atoms with Crippen LogP contribution in [0.3, 0.4) is 0 Å². The summed E-state index contributed by atoms with van der Waals surface area (Å²) in [6, 6.07) is 5.63. The Labute approximate surface area is 130 Å². The highest BCUT2D eigenvalue weighted by Crippen LogP contribution is 2.30. The van der Waals surface area contributed by atoms with Gasteiger partial charge in [-0.1, -0.05) is 15.9 Å². The number of benzene rings is 1. The zero-order valence-electron chi connectivity index (χ0n) is 9.59. The molecule has 0 saturated heterocycles. The van der Waals surface area contributed by atoms with E-state index in [1.165, 1.54) is 23.5 Å². The number of rotatable bonds is 4. The van der Waals surface area contributed by atoms with Crippen LogP contribution in [0.15, 0.2) is 32.5 Å². The van der Waals surface area contributed by atoms with Crippen molar-refractivity contribution in [1.82, 2.24) is 5.43 Å². The number of hydrazine groups is 1. The molecule has 0 aliphatic heterocycles. The third kappa shape index (κ3) is 3.61. The number of hydrogen-bond donors (Lipinski definition) is 2. The van der Waals surface area contributed by atoms with Crippen molar-refractivity contribution in [1.29, 1.82) is 0 Å². The lowest BCUT2D eigenvalue weighted by Crippen LogP contribution is -2.30. The Morgan fingerprint density at radius 3 is 2.32 bits per heavy atom.